The fraction of sp³-hybridized carbons (Fsp3) is 0.565. The first-order valence-corrected chi connectivity index (χ1v) is 11.2. The molecule has 1 aliphatic carbocycles. The lowest BCUT2D eigenvalue weighted by atomic mass is 9.95. The van der Waals surface area contributed by atoms with E-state index in [9.17, 15) is 19.2 Å². The third-order valence-corrected chi connectivity index (χ3v) is 6.69. The standard InChI is InChI=1S/C23H30N4O4/c1-23-13-11-21(30)27(23)18-10-6-5-9-17(18)22(31)26(23)15-20(29)24-14-12-19(28)25-16-7-3-2-4-8-16/h5-6,9-10,16H,2-4,7-8,11-15H2,1H3,(H,24,29)(H,25,28). The zero-order valence-electron chi connectivity index (χ0n) is 18.0. The number of para-hydroxylation sites is 1. The highest BCUT2D eigenvalue weighted by Gasteiger charge is 2.53. The van der Waals surface area contributed by atoms with Crippen molar-refractivity contribution in [1.29, 1.82) is 0 Å². The fourth-order valence-corrected chi connectivity index (χ4v) is 5.00. The van der Waals surface area contributed by atoms with Crippen LogP contribution in [0.15, 0.2) is 24.3 Å². The highest BCUT2D eigenvalue weighted by atomic mass is 16.2. The summed E-state index contributed by atoms with van der Waals surface area (Å²) in [5, 5.41) is 5.79. The molecule has 0 radical (unpaired) electrons. The number of nitrogens with zero attached hydrogens (tertiary/aromatic N) is 2. The Morgan fingerprint density at radius 1 is 1.10 bits per heavy atom. The minimum atomic E-state index is -0.863. The van der Waals surface area contributed by atoms with Crippen molar-refractivity contribution < 1.29 is 19.2 Å². The van der Waals surface area contributed by atoms with Crippen LogP contribution < -0.4 is 15.5 Å². The molecule has 1 atom stereocenters. The van der Waals surface area contributed by atoms with Gasteiger partial charge in [-0.15, -0.1) is 0 Å². The zero-order valence-corrected chi connectivity index (χ0v) is 18.0. The van der Waals surface area contributed by atoms with E-state index in [1.807, 2.05) is 6.92 Å². The van der Waals surface area contributed by atoms with Gasteiger partial charge in [-0.2, -0.15) is 0 Å². The van der Waals surface area contributed by atoms with E-state index in [1.165, 1.54) is 11.3 Å². The number of benzene rings is 1. The van der Waals surface area contributed by atoms with Crippen LogP contribution in [-0.4, -0.2) is 53.3 Å². The van der Waals surface area contributed by atoms with Gasteiger partial charge in [0, 0.05) is 25.4 Å². The maximum absolute atomic E-state index is 13.2. The summed E-state index contributed by atoms with van der Waals surface area (Å²) in [6.07, 6.45) is 6.57. The molecular formula is C23H30N4O4. The first-order chi connectivity index (χ1) is 14.9. The van der Waals surface area contributed by atoms with Crippen LogP contribution in [0.5, 0.6) is 0 Å². The van der Waals surface area contributed by atoms with Gasteiger partial charge in [-0.05, 0) is 38.3 Å². The Morgan fingerprint density at radius 2 is 1.84 bits per heavy atom. The number of hydrogen-bond acceptors (Lipinski definition) is 4. The first-order valence-electron chi connectivity index (χ1n) is 11.2. The molecular weight excluding hydrogens is 396 g/mol. The van der Waals surface area contributed by atoms with Gasteiger partial charge in [0.25, 0.3) is 5.91 Å². The van der Waals surface area contributed by atoms with Gasteiger partial charge in [-0.1, -0.05) is 31.4 Å². The predicted molar refractivity (Wildman–Crippen MR) is 115 cm³/mol. The predicted octanol–water partition coefficient (Wildman–Crippen LogP) is 1.94. The van der Waals surface area contributed by atoms with Crippen LogP contribution in [0.2, 0.25) is 0 Å². The van der Waals surface area contributed by atoms with Crippen molar-refractivity contribution in [3.05, 3.63) is 29.8 Å². The second kappa shape index (κ2) is 8.69. The van der Waals surface area contributed by atoms with Crippen LogP contribution in [-0.2, 0) is 14.4 Å². The summed E-state index contributed by atoms with van der Waals surface area (Å²) in [6.45, 7) is 1.89. The monoisotopic (exact) mass is 426 g/mol. The summed E-state index contributed by atoms with van der Waals surface area (Å²) in [7, 11) is 0. The lowest BCUT2D eigenvalue weighted by Crippen LogP contribution is -2.63. The first kappa shape index (κ1) is 21.3. The number of carbonyl (C=O) groups is 4. The van der Waals surface area contributed by atoms with E-state index in [2.05, 4.69) is 10.6 Å². The smallest absolute Gasteiger partial charge is 0.258 e. The Balaban J connectivity index is 1.36. The van der Waals surface area contributed by atoms with Crippen molar-refractivity contribution in [2.24, 2.45) is 0 Å². The molecule has 0 spiro atoms. The van der Waals surface area contributed by atoms with Gasteiger partial charge < -0.3 is 15.5 Å². The van der Waals surface area contributed by atoms with Gasteiger partial charge in [-0.25, -0.2) is 0 Å². The number of hydrogen-bond donors (Lipinski definition) is 2. The summed E-state index contributed by atoms with van der Waals surface area (Å²) in [5.41, 5.74) is 0.168. The number of rotatable bonds is 6. The molecule has 4 amide bonds. The summed E-state index contributed by atoms with van der Waals surface area (Å²) in [4.78, 5) is 53.6. The topological polar surface area (TPSA) is 98.8 Å². The normalized spacial score (nSPS) is 23.4. The summed E-state index contributed by atoms with van der Waals surface area (Å²) >= 11 is 0. The molecule has 1 aromatic carbocycles. The summed E-state index contributed by atoms with van der Waals surface area (Å²) < 4.78 is 0. The Labute approximate surface area is 182 Å². The molecule has 4 rings (SSSR count). The van der Waals surface area contributed by atoms with Gasteiger partial charge in [0.15, 0.2) is 0 Å². The van der Waals surface area contributed by atoms with Crippen molar-refractivity contribution in [2.45, 2.75) is 70.0 Å². The van der Waals surface area contributed by atoms with Crippen molar-refractivity contribution in [2.75, 3.05) is 18.0 Å². The maximum atomic E-state index is 13.2. The molecule has 0 aromatic heterocycles. The molecule has 0 bridgehead atoms. The van der Waals surface area contributed by atoms with Crippen LogP contribution in [0.4, 0.5) is 5.69 Å². The van der Waals surface area contributed by atoms with Gasteiger partial charge in [0.1, 0.15) is 12.2 Å². The minimum absolute atomic E-state index is 0.0489. The number of amides is 4. The van der Waals surface area contributed by atoms with Gasteiger partial charge in [0.05, 0.1) is 11.3 Å². The lowest BCUT2D eigenvalue weighted by molar-refractivity contribution is -0.124. The molecule has 8 heteroatoms. The Morgan fingerprint density at radius 3 is 2.61 bits per heavy atom. The molecule has 2 aliphatic heterocycles. The quantitative estimate of drug-likeness (QED) is 0.726. The SMILES string of the molecule is CC12CCC(=O)N1c1ccccc1C(=O)N2CC(=O)NCCC(=O)NC1CCCCC1. The van der Waals surface area contributed by atoms with E-state index >= 15 is 0 Å². The van der Waals surface area contributed by atoms with Crippen molar-refractivity contribution in [3.8, 4) is 0 Å². The second-order valence-corrected chi connectivity index (χ2v) is 8.86. The Hall–Kier alpha value is -2.90. The van der Waals surface area contributed by atoms with E-state index in [4.69, 9.17) is 0 Å². The number of anilines is 1. The molecule has 2 N–H and O–H groups in total. The molecule has 2 fully saturated rings. The largest absolute Gasteiger partial charge is 0.354 e. The fourth-order valence-electron chi connectivity index (χ4n) is 5.00. The average Bonchev–Trinajstić information content (AvgIpc) is 3.07. The number of nitrogens with one attached hydrogen (secondary N) is 2. The minimum Gasteiger partial charge on any atom is -0.354 e. The van der Waals surface area contributed by atoms with Gasteiger partial charge in [-0.3, -0.25) is 24.1 Å². The van der Waals surface area contributed by atoms with Crippen molar-refractivity contribution in [3.63, 3.8) is 0 Å². The molecule has 3 aliphatic rings. The van der Waals surface area contributed by atoms with Crippen LogP contribution in [0.3, 0.4) is 0 Å². The molecule has 1 saturated heterocycles. The highest BCUT2D eigenvalue weighted by molar-refractivity contribution is 6.11. The van der Waals surface area contributed by atoms with Gasteiger partial charge >= 0.3 is 0 Å². The van der Waals surface area contributed by atoms with E-state index < -0.39 is 5.66 Å². The summed E-state index contributed by atoms with van der Waals surface area (Å²) in [5.74, 6) is -0.699. The van der Waals surface area contributed by atoms with E-state index in [0.29, 0.717) is 24.1 Å². The molecule has 2 heterocycles. The highest BCUT2D eigenvalue weighted by Crippen LogP contribution is 2.43. The zero-order chi connectivity index (χ0) is 22.0. The van der Waals surface area contributed by atoms with E-state index in [1.54, 1.807) is 29.2 Å². The second-order valence-electron chi connectivity index (χ2n) is 8.86. The molecule has 1 unspecified atom stereocenters. The van der Waals surface area contributed by atoms with Gasteiger partial charge in [0.2, 0.25) is 17.7 Å². The average molecular weight is 427 g/mol. The Kier molecular flexibility index (Phi) is 5.98. The molecule has 31 heavy (non-hydrogen) atoms. The van der Waals surface area contributed by atoms with Crippen LogP contribution in [0, 0.1) is 0 Å². The molecule has 1 aromatic rings. The maximum Gasteiger partial charge on any atom is 0.258 e. The lowest BCUT2D eigenvalue weighted by Gasteiger charge is -2.48. The third kappa shape index (κ3) is 4.16. The van der Waals surface area contributed by atoms with Crippen LogP contribution in [0.25, 0.3) is 0 Å². The van der Waals surface area contributed by atoms with Crippen LogP contribution in [0.1, 0.15) is 68.6 Å². The van der Waals surface area contributed by atoms with E-state index in [-0.39, 0.29) is 49.2 Å². The van der Waals surface area contributed by atoms with E-state index in [0.717, 1.165) is 25.7 Å². The summed E-state index contributed by atoms with van der Waals surface area (Å²) in [6, 6.07) is 7.26. The molecule has 166 valence electrons. The third-order valence-electron chi connectivity index (χ3n) is 6.69. The molecule has 8 nitrogen and oxygen atoms in total. The Bertz CT molecular complexity index is 895. The number of fused-ring (bicyclic) bond motifs is 3. The molecule has 1 saturated carbocycles. The van der Waals surface area contributed by atoms with Crippen molar-refractivity contribution in [1.82, 2.24) is 15.5 Å². The number of carbonyl (C=O) groups excluding carboxylic acids is 4. The van der Waals surface area contributed by atoms with Crippen LogP contribution >= 0.6 is 0 Å². The van der Waals surface area contributed by atoms with Crippen molar-refractivity contribution >= 4 is 29.3 Å².